The molecular formula is C31H31N3O6S. The highest BCUT2D eigenvalue weighted by atomic mass is 32.2. The predicted octanol–water partition coefficient (Wildman–Crippen LogP) is 5.71. The van der Waals surface area contributed by atoms with E-state index in [9.17, 15) is 9.59 Å². The lowest BCUT2D eigenvalue weighted by Gasteiger charge is -2.36. The molecule has 0 bridgehead atoms. The number of methoxy groups -OCH3 is 1. The second-order valence-corrected chi connectivity index (χ2v) is 10.2. The minimum atomic E-state index is -0.585. The number of thioether (sulfide) groups is 1. The lowest BCUT2D eigenvalue weighted by molar-refractivity contribution is -0.139. The average molecular weight is 574 g/mol. The second kappa shape index (κ2) is 12.8. The van der Waals surface area contributed by atoms with Crippen molar-refractivity contribution in [1.82, 2.24) is 10.2 Å². The van der Waals surface area contributed by atoms with Gasteiger partial charge in [0, 0.05) is 5.70 Å². The van der Waals surface area contributed by atoms with E-state index in [2.05, 4.69) is 5.32 Å². The number of furan rings is 1. The zero-order valence-electron chi connectivity index (χ0n) is 23.1. The number of carbonyl (C=O) groups is 2. The van der Waals surface area contributed by atoms with Gasteiger partial charge < -0.3 is 28.8 Å². The largest absolute Gasteiger partial charge is 0.493 e. The third-order valence-corrected chi connectivity index (χ3v) is 7.51. The van der Waals surface area contributed by atoms with Gasteiger partial charge in [0.05, 0.1) is 50.3 Å². The maximum Gasteiger partial charge on any atom is 0.338 e. The number of esters is 1. The van der Waals surface area contributed by atoms with Gasteiger partial charge in [-0.1, -0.05) is 48.2 Å². The number of nitrogens with one attached hydrogen (secondary N) is 1. The fraction of sp³-hybridized carbons (Fsp3) is 0.258. The van der Waals surface area contributed by atoms with Gasteiger partial charge in [-0.25, -0.2) is 9.79 Å². The maximum absolute atomic E-state index is 13.3. The number of hydrogen-bond donors (Lipinski definition) is 1. The molecule has 3 aromatic rings. The highest BCUT2D eigenvalue weighted by molar-refractivity contribution is 8.16. The molecule has 1 N–H and O–H groups in total. The minimum Gasteiger partial charge on any atom is -0.493 e. The molecule has 2 aliphatic heterocycles. The van der Waals surface area contributed by atoms with E-state index < -0.39 is 12.0 Å². The van der Waals surface area contributed by atoms with Crippen molar-refractivity contribution in [1.29, 1.82) is 0 Å². The van der Waals surface area contributed by atoms with E-state index in [1.807, 2.05) is 58.8 Å². The molecule has 2 aromatic carbocycles. The van der Waals surface area contributed by atoms with Crippen LogP contribution in [0.5, 0.6) is 11.5 Å². The molecule has 41 heavy (non-hydrogen) atoms. The molecule has 0 aliphatic carbocycles. The summed E-state index contributed by atoms with van der Waals surface area (Å²) in [6.45, 7) is 4.45. The predicted molar refractivity (Wildman–Crippen MR) is 156 cm³/mol. The minimum absolute atomic E-state index is 0.0911. The van der Waals surface area contributed by atoms with Crippen LogP contribution in [0.25, 0.3) is 0 Å². The second-order valence-electron chi connectivity index (χ2n) is 9.33. The number of allylic oxidation sites excluding steroid dienone is 1. The topological polar surface area (TPSA) is 103 Å². The van der Waals surface area contributed by atoms with Crippen LogP contribution in [0.1, 0.15) is 43.2 Å². The highest BCUT2D eigenvalue weighted by Gasteiger charge is 2.41. The van der Waals surface area contributed by atoms with Crippen molar-refractivity contribution in [2.75, 3.05) is 13.7 Å². The molecule has 2 aliphatic rings. The average Bonchev–Trinajstić information content (AvgIpc) is 3.65. The van der Waals surface area contributed by atoms with Crippen molar-refractivity contribution in [3.05, 3.63) is 106 Å². The number of nitrogens with zero attached hydrogens (tertiary/aromatic N) is 2. The molecule has 1 aromatic heterocycles. The van der Waals surface area contributed by atoms with E-state index >= 15 is 0 Å². The standard InChI is InChI=1S/C31H31N3O6S/c1-4-38-30(36)28-20(2)33-31-34(23(19-41-31)16-27(35)32-17-24-11-8-14-39-24)29(28)22-12-13-25(26(15-22)37-3)40-18-21-9-6-5-7-10-21/h5-15,19,29H,4,16-18H2,1-3H3,(H,32,35)/t29-/m1/s1. The number of carbonyl (C=O) groups excluding carboxylic acids is 2. The summed E-state index contributed by atoms with van der Waals surface area (Å²) >= 11 is 1.41. The first-order valence-corrected chi connectivity index (χ1v) is 14.1. The number of benzene rings is 2. The Bertz CT molecular complexity index is 1500. The van der Waals surface area contributed by atoms with Gasteiger partial charge in [0.15, 0.2) is 16.7 Å². The molecule has 5 rings (SSSR count). The zero-order chi connectivity index (χ0) is 28.8. The fourth-order valence-corrected chi connectivity index (χ4v) is 5.65. The smallest absolute Gasteiger partial charge is 0.338 e. The van der Waals surface area contributed by atoms with Crippen molar-refractivity contribution < 1.29 is 28.2 Å². The van der Waals surface area contributed by atoms with E-state index in [1.54, 1.807) is 39.4 Å². The van der Waals surface area contributed by atoms with Crippen LogP contribution < -0.4 is 14.8 Å². The van der Waals surface area contributed by atoms with Crippen LogP contribution in [0.15, 0.2) is 98.7 Å². The Morgan fingerprint density at radius 3 is 2.66 bits per heavy atom. The molecule has 1 amide bonds. The van der Waals surface area contributed by atoms with Crippen LogP contribution in [-0.4, -0.2) is 35.7 Å². The summed E-state index contributed by atoms with van der Waals surface area (Å²) in [5.41, 5.74) is 3.48. The molecule has 3 heterocycles. The number of amides is 1. The lowest BCUT2D eigenvalue weighted by atomic mass is 9.93. The Kier molecular flexibility index (Phi) is 8.79. The summed E-state index contributed by atoms with van der Waals surface area (Å²) in [6, 6.07) is 18.5. The third-order valence-electron chi connectivity index (χ3n) is 6.62. The van der Waals surface area contributed by atoms with Gasteiger partial charge in [0.2, 0.25) is 5.91 Å². The first-order chi connectivity index (χ1) is 20.0. The molecule has 0 fully saturated rings. The van der Waals surface area contributed by atoms with Gasteiger partial charge in [-0.3, -0.25) is 4.79 Å². The van der Waals surface area contributed by atoms with E-state index in [1.165, 1.54) is 11.8 Å². The van der Waals surface area contributed by atoms with Crippen LogP contribution in [-0.2, 0) is 27.5 Å². The molecular weight excluding hydrogens is 542 g/mol. The molecule has 212 valence electrons. The maximum atomic E-state index is 13.3. The Hall–Kier alpha value is -4.44. The van der Waals surface area contributed by atoms with Crippen LogP contribution in [0.2, 0.25) is 0 Å². The Morgan fingerprint density at radius 2 is 1.93 bits per heavy atom. The monoisotopic (exact) mass is 573 g/mol. The van der Waals surface area contributed by atoms with Crippen LogP contribution in [0.4, 0.5) is 0 Å². The molecule has 0 radical (unpaired) electrons. The molecule has 9 nitrogen and oxygen atoms in total. The summed E-state index contributed by atoms with van der Waals surface area (Å²) in [5.74, 6) is 1.12. The van der Waals surface area contributed by atoms with Gasteiger partial charge in [-0.05, 0) is 54.6 Å². The van der Waals surface area contributed by atoms with Gasteiger partial charge in [-0.15, -0.1) is 0 Å². The van der Waals surface area contributed by atoms with Crippen molar-refractivity contribution in [3.63, 3.8) is 0 Å². The number of fused-ring (bicyclic) bond motifs is 1. The SMILES string of the molecule is CCOC(=O)C1=C(C)N=C2SC=C(CC(=O)NCc3ccco3)N2[C@@H]1c1ccc(OCc2ccccc2)c(OC)c1. The van der Waals surface area contributed by atoms with E-state index in [-0.39, 0.29) is 25.5 Å². The van der Waals surface area contributed by atoms with Crippen molar-refractivity contribution in [2.24, 2.45) is 4.99 Å². The van der Waals surface area contributed by atoms with Crippen LogP contribution >= 0.6 is 11.8 Å². The van der Waals surface area contributed by atoms with Crippen molar-refractivity contribution in [3.8, 4) is 11.5 Å². The summed E-state index contributed by atoms with van der Waals surface area (Å²) < 4.78 is 22.5. The van der Waals surface area contributed by atoms with Crippen LogP contribution in [0.3, 0.4) is 0 Å². The third kappa shape index (κ3) is 6.33. The number of hydrogen-bond acceptors (Lipinski definition) is 9. The molecule has 1 atom stereocenters. The van der Waals surface area contributed by atoms with Gasteiger partial charge >= 0.3 is 5.97 Å². The quantitative estimate of drug-likeness (QED) is 0.291. The summed E-state index contributed by atoms with van der Waals surface area (Å²) in [5, 5.41) is 5.46. The summed E-state index contributed by atoms with van der Waals surface area (Å²) in [4.78, 5) is 32.8. The fourth-order valence-electron chi connectivity index (χ4n) is 4.69. The summed E-state index contributed by atoms with van der Waals surface area (Å²) in [7, 11) is 1.58. The zero-order valence-corrected chi connectivity index (χ0v) is 23.9. The molecule has 0 saturated heterocycles. The molecule has 10 heteroatoms. The number of ether oxygens (including phenoxy) is 3. The normalized spacial score (nSPS) is 16.1. The molecule has 0 saturated carbocycles. The van der Waals surface area contributed by atoms with Gasteiger partial charge in [-0.2, -0.15) is 0 Å². The molecule has 0 spiro atoms. The lowest BCUT2D eigenvalue weighted by Crippen LogP contribution is -2.38. The van der Waals surface area contributed by atoms with E-state index in [0.717, 1.165) is 11.1 Å². The highest BCUT2D eigenvalue weighted by Crippen LogP contribution is 2.46. The van der Waals surface area contributed by atoms with Crippen LogP contribution in [0, 0.1) is 0 Å². The van der Waals surface area contributed by atoms with Crippen molar-refractivity contribution >= 4 is 28.8 Å². The van der Waals surface area contributed by atoms with Crippen molar-refractivity contribution in [2.45, 2.75) is 39.5 Å². The van der Waals surface area contributed by atoms with Gasteiger partial charge in [0.25, 0.3) is 0 Å². The molecule has 0 unspecified atom stereocenters. The Morgan fingerprint density at radius 1 is 1.10 bits per heavy atom. The first kappa shape index (κ1) is 28.1. The number of aliphatic imine (C=N–C) groups is 1. The van der Waals surface area contributed by atoms with E-state index in [0.29, 0.717) is 46.0 Å². The number of amidine groups is 1. The summed E-state index contributed by atoms with van der Waals surface area (Å²) in [6.07, 6.45) is 1.66. The Labute approximate surface area is 242 Å². The van der Waals surface area contributed by atoms with E-state index in [4.69, 9.17) is 23.6 Å². The first-order valence-electron chi connectivity index (χ1n) is 13.2. The number of rotatable bonds is 11. The Balaban J connectivity index is 1.44. The van der Waals surface area contributed by atoms with Gasteiger partial charge in [0.1, 0.15) is 12.4 Å².